The standard InChI is InChI=1S/C14H19FN2O2S/c15-12-2-1-3-14(7-12)20(18,19)17-13-5-4-10-8-16-9-11(10)6-13/h1-3,7,10-11,13,16-17H,4-6,8-9H2/t10-,11+,13?/m0/s1. The topological polar surface area (TPSA) is 58.2 Å². The minimum atomic E-state index is -3.62. The van der Waals surface area contributed by atoms with E-state index in [0.717, 1.165) is 38.4 Å². The van der Waals surface area contributed by atoms with Crippen molar-refractivity contribution in [3.63, 3.8) is 0 Å². The molecule has 2 aliphatic rings. The van der Waals surface area contributed by atoms with Crippen molar-refractivity contribution in [3.8, 4) is 0 Å². The monoisotopic (exact) mass is 298 g/mol. The zero-order valence-electron chi connectivity index (χ0n) is 11.2. The Bertz CT molecular complexity index is 591. The van der Waals surface area contributed by atoms with E-state index in [-0.39, 0.29) is 10.9 Å². The number of nitrogens with one attached hydrogen (secondary N) is 2. The molecule has 1 unspecified atom stereocenters. The van der Waals surface area contributed by atoms with E-state index < -0.39 is 15.8 Å². The van der Waals surface area contributed by atoms with E-state index in [0.29, 0.717) is 11.8 Å². The fourth-order valence-electron chi connectivity index (χ4n) is 3.33. The second-order valence-corrected chi connectivity index (χ2v) is 7.48. The van der Waals surface area contributed by atoms with Crippen LogP contribution in [0.15, 0.2) is 29.2 Å². The van der Waals surface area contributed by atoms with Crippen LogP contribution in [0.1, 0.15) is 19.3 Å². The first-order valence-corrected chi connectivity index (χ1v) is 8.51. The van der Waals surface area contributed by atoms with Crippen LogP contribution in [0.5, 0.6) is 0 Å². The Kier molecular flexibility index (Phi) is 3.79. The minimum absolute atomic E-state index is 0.00386. The summed E-state index contributed by atoms with van der Waals surface area (Å²) >= 11 is 0. The Labute approximate surface area is 118 Å². The molecule has 1 aliphatic carbocycles. The summed E-state index contributed by atoms with van der Waals surface area (Å²) in [5.41, 5.74) is 0. The van der Waals surface area contributed by atoms with Gasteiger partial charge in [0.25, 0.3) is 0 Å². The summed E-state index contributed by atoms with van der Waals surface area (Å²) in [5.74, 6) is 0.713. The van der Waals surface area contributed by atoms with Crippen LogP contribution in [0, 0.1) is 17.7 Å². The van der Waals surface area contributed by atoms with Crippen LogP contribution in [0.2, 0.25) is 0 Å². The Morgan fingerprint density at radius 2 is 2.00 bits per heavy atom. The van der Waals surface area contributed by atoms with Crippen molar-refractivity contribution in [2.75, 3.05) is 13.1 Å². The zero-order chi connectivity index (χ0) is 14.2. The van der Waals surface area contributed by atoms with Crippen molar-refractivity contribution in [2.24, 2.45) is 11.8 Å². The SMILES string of the molecule is O=S(=O)(NC1CC[C@H]2CNC[C@H]2C1)c1cccc(F)c1. The molecule has 0 aromatic heterocycles. The average molecular weight is 298 g/mol. The summed E-state index contributed by atoms with van der Waals surface area (Å²) < 4.78 is 40.4. The van der Waals surface area contributed by atoms with Gasteiger partial charge in [-0.2, -0.15) is 0 Å². The Hall–Kier alpha value is -0.980. The average Bonchev–Trinajstić information content (AvgIpc) is 2.85. The number of hydrogen-bond acceptors (Lipinski definition) is 3. The van der Waals surface area contributed by atoms with Gasteiger partial charge in [-0.15, -0.1) is 0 Å². The van der Waals surface area contributed by atoms with Gasteiger partial charge in [0.05, 0.1) is 4.90 Å². The summed E-state index contributed by atoms with van der Waals surface area (Å²) in [5, 5.41) is 3.36. The smallest absolute Gasteiger partial charge is 0.240 e. The minimum Gasteiger partial charge on any atom is -0.316 e. The fraction of sp³-hybridized carbons (Fsp3) is 0.571. The molecule has 0 spiro atoms. The molecule has 1 aromatic carbocycles. The van der Waals surface area contributed by atoms with Gasteiger partial charge in [0, 0.05) is 6.04 Å². The predicted molar refractivity (Wildman–Crippen MR) is 74.2 cm³/mol. The van der Waals surface area contributed by atoms with Crippen molar-refractivity contribution in [2.45, 2.75) is 30.2 Å². The van der Waals surface area contributed by atoms with Crippen LogP contribution in [0.3, 0.4) is 0 Å². The van der Waals surface area contributed by atoms with Crippen molar-refractivity contribution in [3.05, 3.63) is 30.1 Å². The van der Waals surface area contributed by atoms with Gasteiger partial charge in [0.1, 0.15) is 5.82 Å². The molecule has 110 valence electrons. The summed E-state index contributed by atoms with van der Waals surface area (Å²) in [6.07, 6.45) is 2.78. The van der Waals surface area contributed by atoms with Crippen LogP contribution < -0.4 is 10.0 Å². The Morgan fingerprint density at radius 3 is 2.80 bits per heavy atom. The highest BCUT2D eigenvalue weighted by Gasteiger charge is 2.35. The highest BCUT2D eigenvalue weighted by Crippen LogP contribution is 2.33. The molecule has 1 aromatic rings. The summed E-state index contributed by atoms with van der Waals surface area (Å²) in [4.78, 5) is 0.00386. The molecule has 20 heavy (non-hydrogen) atoms. The highest BCUT2D eigenvalue weighted by atomic mass is 32.2. The normalized spacial score (nSPS) is 30.1. The van der Waals surface area contributed by atoms with Crippen LogP contribution in [-0.2, 0) is 10.0 Å². The van der Waals surface area contributed by atoms with Crippen molar-refractivity contribution < 1.29 is 12.8 Å². The second-order valence-electron chi connectivity index (χ2n) is 5.77. The Balaban J connectivity index is 1.70. The summed E-state index contributed by atoms with van der Waals surface area (Å²) in [6.45, 7) is 2.02. The van der Waals surface area contributed by atoms with Gasteiger partial charge < -0.3 is 5.32 Å². The van der Waals surface area contributed by atoms with Crippen LogP contribution in [0.4, 0.5) is 4.39 Å². The lowest BCUT2D eigenvalue weighted by Crippen LogP contribution is -2.40. The largest absolute Gasteiger partial charge is 0.316 e. The number of rotatable bonds is 3. The first-order valence-electron chi connectivity index (χ1n) is 7.03. The molecule has 3 rings (SSSR count). The molecule has 2 N–H and O–H groups in total. The first-order chi connectivity index (χ1) is 9.54. The number of hydrogen-bond donors (Lipinski definition) is 2. The molecule has 3 atom stereocenters. The molecule has 4 nitrogen and oxygen atoms in total. The number of fused-ring (bicyclic) bond motifs is 1. The van der Waals surface area contributed by atoms with Gasteiger partial charge in [0.2, 0.25) is 10.0 Å². The number of sulfonamides is 1. The van der Waals surface area contributed by atoms with Gasteiger partial charge in [-0.1, -0.05) is 6.07 Å². The summed E-state index contributed by atoms with van der Waals surface area (Å²) in [7, 11) is -3.62. The maximum absolute atomic E-state index is 13.2. The maximum atomic E-state index is 13.2. The molecule has 1 saturated carbocycles. The molecule has 1 heterocycles. The lowest BCUT2D eigenvalue weighted by Gasteiger charge is -2.31. The molecule has 2 fully saturated rings. The highest BCUT2D eigenvalue weighted by molar-refractivity contribution is 7.89. The van der Waals surface area contributed by atoms with E-state index in [1.54, 1.807) is 0 Å². The third-order valence-corrected chi connectivity index (χ3v) is 5.90. The lowest BCUT2D eigenvalue weighted by molar-refractivity contribution is 0.260. The van der Waals surface area contributed by atoms with Gasteiger partial charge in [0.15, 0.2) is 0 Å². The molecule has 1 saturated heterocycles. The first kappa shape index (κ1) is 14.0. The van der Waals surface area contributed by atoms with Crippen LogP contribution in [-0.4, -0.2) is 27.5 Å². The molecule has 1 aliphatic heterocycles. The molecule has 0 radical (unpaired) electrons. The van der Waals surface area contributed by atoms with Gasteiger partial charge >= 0.3 is 0 Å². The quantitative estimate of drug-likeness (QED) is 0.889. The number of halogens is 1. The van der Waals surface area contributed by atoms with Gasteiger partial charge in [-0.3, -0.25) is 0 Å². The molecule has 0 bridgehead atoms. The predicted octanol–water partition coefficient (Wildman–Crippen LogP) is 1.49. The van der Waals surface area contributed by atoms with E-state index in [1.165, 1.54) is 18.2 Å². The van der Waals surface area contributed by atoms with Crippen molar-refractivity contribution in [1.29, 1.82) is 0 Å². The molecule has 0 amide bonds. The van der Waals surface area contributed by atoms with Crippen molar-refractivity contribution in [1.82, 2.24) is 10.0 Å². The molecule has 6 heteroatoms. The number of benzene rings is 1. The summed E-state index contributed by atoms with van der Waals surface area (Å²) in [6, 6.07) is 5.11. The van der Waals surface area contributed by atoms with E-state index in [1.807, 2.05) is 0 Å². The Morgan fingerprint density at radius 1 is 1.20 bits per heavy atom. The van der Waals surface area contributed by atoms with Crippen LogP contribution >= 0.6 is 0 Å². The fourth-order valence-corrected chi connectivity index (χ4v) is 4.64. The van der Waals surface area contributed by atoms with Gasteiger partial charge in [-0.05, 0) is 62.4 Å². The molecular weight excluding hydrogens is 279 g/mol. The molecular formula is C14H19FN2O2S. The van der Waals surface area contributed by atoms with E-state index >= 15 is 0 Å². The van der Waals surface area contributed by atoms with E-state index in [9.17, 15) is 12.8 Å². The van der Waals surface area contributed by atoms with E-state index in [2.05, 4.69) is 10.0 Å². The zero-order valence-corrected chi connectivity index (χ0v) is 12.0. The van der Waals surface area contributed by atoms with E-state index in [4.69, 9.17) is 0 Å². The van der Waals surface area contributed by atoms with Crippen LogP contribution in [0.25, 0.3) is 0 Å². The van der Waals surface area contributed by atoms with Gasteiger partial charge in [-0.25, -0.2) is 17.5 Å². The second kappa shape index (κ2) is 5.42. The lowest BCUT2D eigenvalue weighted by atomic mass is 9.79. The van der Waals surface area contributed by atoms with Crippen molar-refractivity contribution >= 4 is 10.0 Å². The maximum Gasteiger partial charge on any atom is 0.240 e. The third-order valence-electron chi connectivity index (χ3n) is 4.38. The third kappa shape index (κ3) is 2.87.